The molecule has 0 aliphatic rings. The SMILES string of the molecule is C=CC[C@H](C(=O)NO)[C@@H](CC(C)C)C(=O)NC(C(=O)OC(C)C)C(C)(C)C. The zero-order valence-electron chi connectivity index (χ0n) is 17.7. The Morgan fingerprint density at radius 3 is 2.00 bits per heavy atom. The predicted octanol–water partition coefficient (Wildman–Crippen LogP) is 2.83. The molecule has 7 nitrogen and oxygen atoms in total. The number of hydroxylamine groups is 1. The summed E-state index contributed by atoms with van der Waals surface area (Å²) in [7, 11) is 0. The molecule has 0 fully saturated rings. The fourth-order valence-corrected chi connectivity index (χ4v) is 2.86. The molecule has 3 atom stereocenters. The van der Waals surface area contributed by atoms with Crippen molar-refractivity contribution in [3.05, 3.63) is 12.7 Å². The Kier molecular flexibility index (Phi) is 10.3. The zero-order valence-corrected chi connectivity index (χ0v) is 17.7. The van der Waals surface area contributed by atoms with Gasteiger partial charge in [-0.3, -0.25) is 14.8 Å². The molecule has 156 valence electrons. The molecule has 0 aliphatic heterocycles. The van der Waals surface area contributed by atoms with E-state index in [0.717, 1.165) is 0 Å². The number of ether oxygens (including phenoxy) is 1. The average Bonchev–Trinajstić information content (AvgIpc) is 2.52. The smallest absolute Gasteiger partial charge is 0.329 e. The van der Waals surface area contributed by atoms with Crippen molar-refractivity contribution in [2.75, 3.05) is 0 Å². The Hall–Kier alpha value is -1.89. The molecule has 0 heterocycles. The lowest BCUT2D eigenvalue weighted by Gasteiger charge is -2.33. The van der Waals surface area contributed by atoms with Crippen molar-refractivity contribution in [1.82, 2.24) is 10.8 Å². The van der Waals surface area contributed by atoms with Gasteiger partial charge in [0.15, 0.2) is 0 Å². The van der Waals surface area contributed by atoms with Gasteiger partial charge in [-0.05, 0) is 38.0 Å². The number of hydrogen-bond donors (Lipinski definition) is 3. The lowest BCUT2D eigenvalue weighted by Crippen LogP contribution is -2.53. The van der Waals surface area contributed by atoms with Gasteiger partial charge in [-0.25, -0.2) is 10.3 Å². The van der Waals surface area contributed by atoms with Crippen LogP contribution in [-0.4, -0.2) is 35.1 Å². The number of nitrogens with one attached hydrogen (secondary N) is 2. The Labute approximate surface area is 162 Å². The van der Waals surface area contributed by atoms with Crippen LogP contribution in [0.25, 0.3) is 0 Å². The second-order valence-electron chi connectivity index (χ2n) is 8.64. The lowest BCUT2D eigenvalue weighted by atomic mass is 9.80. The van der Waals surface area contributed by atoms with Gasteiger partial charge in [0.2, 0.25) is 11.8 Å². The molecule has 0 saturated heterocycles. The van der Waals surface area contributed by atoms with E-state index in [1.165, 1.54) is 6.08 Å². The van der Waals surface area contributed by atoms with E-state index < -0.39 is 41.1 Å². The fourth-order valence-electron chi connectivity index (χ4n) is 2.86. The number of allylic oxidation sites excluding steroid dienone is 1. The summed E-state index contributed by atoms with van der Waals surface area (Å²) in [5, 5.41) is 11.8. The van der Waals surface area contributed by atoms with Crippen molar-refractivity contribution in [3.63, 3.8) is 0 Å². The standard InChI is InChI=1S/C20H36N2O5/c1-9-10-14(18(24)22-26)15(11-12(2)3)17(23)21-16(20(6,7)8)19(25)27-13(4)5/h9,12-16,26H,1,10-11H2,2-8H3,(H,21,23)(H,22,24)/t14-,15+,16?/m0/s1. The first-order valence-electron chi connectivity index (χ1n) is 9.40. The van der Waals surface area contributed by atoms with Gasteiger partial charge in [0, 0.05) is 0 Å². The highest BCUT2D eigenvalue weighted by Gasteiger charge is 2.39. The van der Waals surface area contributed by atoms with Gasteiger partial charge in [-0.15, -0.1) is 6.58 Å². The molecule has 0 radical (unpaired) electrons. The van der Waals surface area contributed by atoms with E-state index in [-0.39, 0.29) is 18.4 Å². The third-order valence-corrected chi connectivity index (χ3v) is 4.16. The number of carbonyl (C=O) groups is 3. The van der Waals surface area contributed by atoms with Crippen LogP contribution in [0, 0.1) is 23.2 Å². The van der Waals surface area contributed by atoms with Gasteiger partial charge in [-0.2, -0.15) is 0 Å². The third kappa shape index (κ3) is 8.56. The second kappa shape index (κ2) is 11.1. The first-order valence-corrected chi connectivity index (χ1v) is 9.40. The minimum Gasteiger partial charge on any atom is -0.461 e. The van der Waals surface area contributed by atoms with E-state index in [2.05, 4.69) is 11.9 Å². The Balaban J connectivity index is 5.70. The number of carbonyl (C=O) groups excluding carboxylic acids is 3. The molecule has 0 spiro atoms. The van der Waals surface area contributed by atoms with E-state index >= 15 is 0 Å². The number of esters is 1. The average molecular weight is 385 g/mol. The van der Waals surface area contributed by atoms with Crippen molar-refractivity contribution < 1.29 is 24.3 Å². The Bertz CT molecular complexity index is 523. The lowest BCUT2D eigenvalue weighted by molar-refractivity contribution is -0.155. The van der Waals surface area contributed by atoms with Crippen LogP contribution in [0.2, 0.25) is 0 Å². The van der Waals surface area contributed by atoms with Gasteiger partial charge in [-0.1, -0.05) is 40.7 Å². The molecule has 0 aromatic carbocycles. The van der Waals surface area contributed by atoms with E-state index in [4.69, 9.17) is 9.94 Å². The maximum atomic E-state index is 13.0. The molecular weight excluding hydrogens is 348 g/mol. The van der Waals surface area contributed by atoms with Crippen LogP contribution in [0.5, 0.6) is 0 Å². The highest BCUT2D eigenvalue weighted by molar-refractivity contribution is 5.90. The van der Waals surface area contributed by atoms with Crippen molar-refractivity contribution in [3.8, 4) is 0 Å². The van der Waals surface area contributed by atoms with Crippen molar-refractivity contribution in [1.29, 1.82) is 0 Å². The quantitative estimate of drug-likeness (QED) is 0.232. The maximum absolute atomic E-state index is 13.0. The van der Waals surface area contributed by atoms with Gasteiger partial charge < -0.3 is 10.1 Å². The summed E-state index contributed by atoms with van der Waals surface area (Å²) < 4.78 is 5.29. The highest BCUT2D eigenvalue weighted by atomic mass is 16.5. The molecule has 27 heavy (non-hydrogen) atoms. The number of hydrogen-bond acceptors (Lipinski definition) is 5. The van der Waals surface area contributed by atoms with E-state index in [1.54, 1.807) is 19.3 Å². The zero-order chi connectivity index (χ0) is 21.4. The van der Waals surface area contributed by atoms with Crippen LogP contribution in [-0.2, 0) is 19.1 Å². The van der Waals surface area contributed by atoms with Gasteiger partial charge in [0.1, 0.15) is 6.04 Å². The molecule has 7 heteroatoms. The molecule has 0 saturated carbocycles. The largest absolute Gasteiger partial charge is 0.461 e. The molecule has 0 aromatic rings. The Morgan fingerprint density at radius 2 is 1.63 bits per heavy atom. The first kappa shape index (κ1) is 25.1. The molecule has 0 bridgehead atoms. The summed E-state index contributed by atoms with van der Waals surface area (Å²) in [6.07, 6.45) is 1.88. The normalized spacial score (nSPS) is 15.0. The molecule has 1 unspecified atom stereocenters. The van der Waals surface area contributed by atoms with Gasteiger partial charge >= 0.3 is 5.97 Å². The Morgan fingerprint density at radius 1 is 1.07 bits per heavy atom. The van der Waals surface area contributed by atoms with Crippen LogP contribution < -0.4 is 10.8 Å². The third-order valence-electron chi connectivity index (χ3n) is 4.16. The summed E-state index contributed by atoms with van der Waals surface area (Å²) in [6.45, 7) is 16.5. The molecule has 0 aliphatic carbocycles. The minimum absolute atomic E-state index is 0.135. The van der Waals surface area contributed by atoms with Crippen LogP contribution in [0.4, 0.5) is 0 Å². The minimum atomic E-state index is -0.858. The first-order chi connectivity index (χ1) is 12.3. The van der Waals surface area contributed by atoms with Crippen LogP contribution >= 0.6 is 0 Å². The highest BCUT2D eigenvalue weighted by Crippen LogP contribution is 2.27. The summed E-state index contributed by atoms with van der Waals surface area (Å²) in [5.41, 5.74) is 1.06. The number of amides is 2. The molecule has 2 amide bonds. The monoisotopic (exact) mass is 384 g/mol. The van der Waals surface area contributed by atoms with Gasteiger partial charge in [0.05, 0.1) is 17.9 Å². The number of rotatable bonds is 10. The summed E-state index contributed by atoms with van der Waals surface area (Å²) >= 11 is 0. The fraction of sp³-hybridized carbons (Fsp3) is 0.750. The topological polar surface area (TPSA) is 105 Å². The van der Waals surface area contributed by atoms with Crippen molar-refractivity contribution in [2.45, 2.75) is 73.5 Å². The molecule has 0 aromatic heterocycles. The van der Waals surface area contributed by atoms with E-state index in [1.807, 2.05) is 34.6 Å². The molecule has 0 rings (SSSR count). The van der Waals surface area contributed by atoms with Crippen molar-refractivity contribution in [2.24, 2.45) is 23.2 Å². The van der Waals surface area contributed by atoms with Gasteiger partial charge in [0.25, 0.3) is 0 Å². The molecule has 3 N–H and O–H groups in total. The maximum Gasteiger partial charge on any atom is 0.329 e. The summed E-state index contributed by atoms with van der Waals surface area (Å²) in [6, 6.07) is -0.858. The van der Waals surface area contributed by atoms with Crippen LogP contribution in [0.15, 0.2) is 12.7 Å². The van der Waals surface area contributed by atoms with Crippen LogP contribution in [0.1, 0.15) is 61.3 Å². The second-order valence-corrected chi connectivity index (χ2v) is 8.64. The summed E-state index contributed by atoms with van der Waals surface area (Å²) in [4.78, 5) is 37.7. The molecular formula is C20H36N2O5. The van der Waals surface area contributed by atoms with Crippen molar-refractivity contribution >= 4 is 17.8 Å². The van der Waals surface area contributed by atoms with Crippen LogP contribution in [0.3, 0.4) is 0 Å². The van der Waals surface area contributed by atoms with E-state index in [0.29, 0.717) is 6.42 Å². The van der Waals surface area contributed by atoms with E-state index in [9.17, 15) is 14.4 Å². The summed E-state index contributed by atoms with van der Waals surface area (Å²) in [5.74, 6) is -2.94. The predicted molar refractivity (Wildman–Crippen MR) is 104 cm³/mol.